The second-order valence-corrected chi connectivity index (χ2v) is 5.81. The van der Waals surface area contributed by atoms with Crippen molar-refractivity contribution < 1.29 is 14.7 Å². The number of hydrogen-bond donors (Lipinski definition) is 2. The van der Waals surface area contributed by atoms with Gasteiger partial charge >= 0.3 is 5.97 Å². The van der Waals surface area contributed by atoms with E-state index in [1.54, 1.807) is 12.1 Å². The van der Waals surface area contributed by atoms with Gasteiger partial charge in [0.15, 0.2) is 0 Å². The Labute approximate surface area is 109 Å². The number of rotatable bonds is 5. The summed E-state index contributed by atoms with van der Waals surface area (Å²) in [6, 6.07) is 2.33. The number of amides is 1. The van der Waals surface area contributed by atoms with Gasteiger partial charge in [0.05, 0.1) is 9.21 Å². The topological polar surface area (TPSA) is 66.4 Å². The molecule has 0 saturated heterocycles. The minimum Gasteiger partial charge on any atom is -0.480 e. The lowest BCUT2D eigenvalue weighted by Crippen LogP contribution is -2.41. The van der Waals surface area contributed by atoms with Crippen LogP contribution in [0.1, 0.15) is 29.9 Å². The lowest BCUT2D eigenvalue weighted by atomic mass is 10.0. The predicted octanol–water partition coefficient (Wildman–Crippen LogP) is 2.63. The number of aliphatic carboxylic acids is 1. The Kier molecular flexibility index (Phi) is 4.96. The van der Waals surface area contributed by atoms with E-state index in [4.69, 9.17) is 16.7 Å². The Morgan fingerprint density at radius 3 is 2.53 bits per heavy atom. The maximum absolute atomic E-state index is 11.7. The van der Waals surface area contributed by atoms with Crippen LogP contribution in [0, 0.1) is 5.92 Å². The van der Waals surface area contributed by atoms with E-state index in [0.29, 0.717) is 15.6 Å². The summed E-state index contributed by atoms with van der Waals surface area (Å²) in [5.74, 6) is -1.21. The van der Waals surface area contributed by atoms with Crippen LogP contribution in [0.15, 0.2) is 12.1 Å². The van der Waals surface area contributed by atoms with E-state index >= 15 is 0 Å². The van der Waals surface area contributed by atoms with Gasteiger partial charge in [-0.15, -0.1) is 11.3 Å². The maximum Gasteiger partial charge on any atom is 0.326 e. The molecule has 0 saturated carbocycles. The van der Waals surface area contributed by atoms with Crippen LogP contribution in [0.4, 0.5) is 0 Å². The number of hydrogen-bond acceptors (Lipinski definition) is 3. The van der Waals surface area contributed by atoms with Crippen molar-refractivity contribution in [2.24, 2.45) is 5.92 Å². The number of carboxylic acids is 1. The zero-order chi connectivity index (χ0) is 13.0. The number of carbonyl (C=O) groups is 2. The van der Waals surface area contributed by atoms with E-state index in [1.165, 1.54) is 0 Å². The molecule has 4 nitrogen and oxygen atoms in total. The Bertz CT molecular complexity index is 417. The third-order valence-electron chi connectivity index (χ3n) is 2.11. The average Bonchev–Trinajstić information content (AvgIpc) is 2.63. The van der Waals surface area contributed by atoms with Gasteiger partial charge in [0.25, 0.3) is 5.91 Å². The first-order chi connectivity index (χ1) is 7.90. The van der Waals surface area contributed by atoms with Gasteiger partial charge in [0.2, 0.25) is 0 Å². The van der Waals surface area contributed by atoms with E-state index in [1.807, 2.05) is 13.8 Å². The van der Waals surface area contributed by atoms with Gasteiger partial charge in [0, 0.05) is 0 Å². The highest BCUT2D eigenvalue weighted by Gasteiger charge is 2.22. The fourth-order valence-electron chi connectivity index (χ4n) is 1.36. The largest absolute Gasteiger partial charge is 0.480 e. The molecular formula is C11H14ClNO3S. The fraction of sp³-hybridized carbons (Fsp3) is 0.455. The highest BCUT2D eigenvalue weighted by molar-refractivity contribution is 7.18. The molecule has 0 aliphatic heterocycles. The molecule has 1 amide bonds. The minimum atomic E-state index is -1.02. The van der Waals surface area contributed by atoms with E-state index in [9.17, 15) is 9.59 Å². The Hall–Kier alpha value is -1.07. The summed E-state index contributed by atoms with van der Waals surface area (Å²) in [5, 5.41) is 11.5. The van der Waals surface area contributed by atoms with Crippen LogP contribution in [0.25, 0.3) is 0 Å². The van der Waals surface area contributed by atoms with Crippen molar-refractivity contribution in [2.75, 3.05) is 0 Å². The molecule has 0 bridgehead atoms. The third-order valence-corrected chi connectivity index (χ3v) is 3.34. The number of carboxylic acid groups (broad SMARTS) is 1. The van der Waals surface area contributed by atoms with Gasteiger partial charge in [0.1, 0.15) is 6.04 Å². The monoisotopic (exact) mass is 275 g/mol. The smallest absolute Gasteiger partial charge is 0.326 e. The van der Waals surface area contributed by atoms with Gasteiger partial charge < -0.3 is 10.4 Å². The lowest BCUT2D eigenvalue weighted by Gasteiger charge is -2.15. The van der Waals surface area contributed by atoms with Crippen LogP contribution in [0.5, 0.6) is 0 Å². The van der Waals surface area contributed by atoms with E-state index in [0.717, 1.165) is 11.3 Å². The molecular weight excluding hydrogens is 262 g/mol. The maximum atomic E-state index is 11.7. The van der Waals surface area contributed by atoms with Gasteiger partial charge in [-0.05, 0) is 24.5 Å². The van der Waals surface area contributed by atoms with Crippen molar-refractivity contribution in [3.8, 4) is 0 Å². The molecule has 1 aromatic rings. The molecule has 1 atom stereocenters. The van der Waals surface area contributed by atoms with E-state index in [2.05, 4.69) is 5.32 Å². The van der Waals surface area contributed by atoms with Crippen molar-refractivity contribution >= 4 is 34.8 Å². The highest BCUT2D eigenvalue weighted by Crippen LogP contribution is 2.21. The molecule has 0 unspecified atom stereocenters. The molecule has 1 aromatic heterocycles. The van der Waals surface area contributed by atoms with Gasteiger partial charge in [-0.1, -0.05) is 25.4 Å². The Morgan fingerprint density at radius 2 is 2.12 bits per heavy atom. The van der Waals surface area contributed by atoms with Crippen molar-refractivity contribution in [1.82, 2.24) is 5.32 Å². The molecule has 0 spiro atoms. The molecule has 17 heavy (non-hydrogen) atoms. The third kappa shape index (κ3) is 4.36. The first kappa shape index (κ1) is 14.0. The molecule has 0 aliphatic carbocycles. The van der Waals surface area contributed by atoms with Crippen LogP contribution in [-0.2, 0) is 4.79 Å². The molecule has 0 aliphatic rings. The van der Waals surface area contributed by atoms with Crippen molar-refractivity contribution in [1.29, 1.82) is 0 Å². The second kappa shape index (κ2) is 6.02. The van der Waals surface area contributed by atoms with Crippen LogP contribution in [0.2, 0.25) is 4.34 Å². The van der Waals surface area contributed by atoms with E-state index in [-0.39, 0.29) is 5.92 Å². The highest BCUT2D eigenvalue weighted by atomic mass is 35.5. The lowest BCUT2D eigenvalue weighted by molar-refractivity contribution is -0.139. The second-order valence-electron chi connectivity index (χ2n) is 4.10. The normalized spacial score (nSPS) is 12.5. The summed E-state index contributed by atoms with van der Waals surface area (Å²) >= 11 is 6.84. The Morgan fingerprint density at radius 1 is 1.47 bits per heavy atom. The van der Waals surface area contributed by atoms with Crippen LogP contribution in [0.3, 0.4) is 0 Å². The first-order valence-corrected chi connectivity index (χ1v) is 6.38. The van der Waals surface area contributed by atoms with Gasteiger partial charge in [-0.25, -0.2) is 4.79 Å². The van der Waals surface area contributed by atoms with Crippen molar-refractivity contribution in [3.63, 3.8) is 0 Å². The number of nitrogens with one attached hydrogen (secondary N) is 1. The van der Waals surface area contributed by atoms with Crippen LogP contribution < -0.4 is 5.32 Å². The van der Waals surface area contributed by atoms with Crippen molar-refractivity contribution in [3.05, 3.63) is 21.3 Å². The zero-order valence-electron chi connectivity index (χ0n) is 9.57. The molecule has 94 valence electrons. The molecule has 0 aromatic carbocycles. The van der Waals surface area contributed by atoms with Gasteiger partial charge in [-0.3, -0.25) is 4.79 Å². The van der Waals surface area contributed by atoms with Gasteiger partial charge in [-0.2, -0.15) is 0 Å². The molecule has 0 radical (unpaired) electrons. The fourth-order valence-corrected chi connectivity index (χ4v) is 2.30. The van der Waals surface area contributed by atoms with Crippen molar-refractivity contribution in [2.45, 2.75) is 26.3 Å². The molecule has 0 fully saturated rings. The molecule has 2 N–H and O–H groups in total. The Balaban J connectivity index is 2.67. The summed E-state index contributed by atoms with van der Waals surface area (Å²) in [4.78, 5) is 23.1. The molecule has 1 rings (SSSR count). The molecule has 1 heterocycles. The summed E-state index contributed by atoms with van der Waals surface area (Å²) in [7, 11) is 0. The number of thiophene rings is 1. The first-order valence-electron chi connectivity index (χ1n) is 5.19. The standard InChI is InChI=1S/C11H14ClNO3S/c1-6(2)5-7(11(15)16)13-10(14)8-3-4-9(12)17-8/h3-4,6-7H,5H2,1-2H3,(H,13,14)(H,15,16)/t7-/m1/s1. The summed E-state index contributed by atoms with van der Waals surface area (Å²) in [6.45, 7) is 3.81. The average molecular weight is 276 g/mol. The quantitative estimate of drug-likeness (QED) is 0.868. The van der Waals surface area contributed by atoms with E-state index < -0.39 is 17.9 Å². The van der Waals surface area contributed by atoms with Crippen LogP contribution in [-0.4, -0.2) is 23.0 Å². The summed E-state index contributed by atoms with van der Waals surface area (Å²) < 4.78 is 0.505. The van der Waals surface area contributed by atoms with Crippen LogP contribution >= 0.6 is 22.9 Å². The summed E-state index contributed by atoms with van der Waals surface area (Å²) in [6.07, 6.45) is 0.403. The predicted molar refractivity (Wildman–Crippen MR) is 67.7 cm³/mol. The SMILES string of the molecule is CC(C)C[C@@H](NC(=O)c1ccc(Cl)s1)C(=O)O. The number of halogens is 1. The number of carbonyl (C=O) groups excluding carboxylic acids is 1. The minimum absolute atomic E-state index is 0.198. The molecule has 6 heteroatoms. The zero-order valence-corrected chi connectivity index (χ0v) is 11.1. The summed E-state index contributed by atoms with van der Waals surface area (Å²) in [5.41, 5.74) is 0.